The molecule has 1 atom stereocenters. The summed E-state index contributed by atoms with van der Waals surface area (Å²) in [4.78, 5) is 24.7. The highest BCUT2D eigenvalue weighted by Crippen LogP contribution is 2.30. The Balaban J connectivity index is 1.97. The molecule has 3 rings (SSSR count). The molecule has 23 heavy (non-hydrogen) atoms. The van der Waals surface area contributed by atoms with Gasteiger partial charge in [0.15, 0.2) is 0 Å². The van der Waals surface area contributed by atoms with Gasteiger partial charge in [0.25, 0.3) is 5.91 Å². The Bertz CT molecular complexity index is 866. The number of aromatic nitrogens is 2. The van der Waals surface area contributed by atoms with E-state index in [4.69, 9.17) is 0 Å². The first-order valence-corrected chi connectivity index (χ1v) is 8.35. The average Bonchev–Trinajstić information content (AvgIpc) is 2.90. The lowest BCUT2D eigenvalue weighted by Gasteiger charge is -2.25. The SMILES string of the molecule is Cc1nc(C)c([C@H](C)N(C)C(=O)c2cccc3ncccc23)s1. The van der Waals surface area contributed by atoms with Crippen molar-refractivity contribution in [1.82, 2.24) is 14.9 Å². The Morgan fingerprint density at radius 2 is 2.00 bits per heavy atom. The van der Waals surface area contributed by atoms with Crippen LogP contribution in [0.3, 0.4) is 0 Å². The van der Waals surface area contributed by atoms with Crippen molar-refractivity contribution in [2.45, 2.75) is 26.8 Å². The highest BCUT2D eigenvalue weighted by atomic mass is 32.1. The Kier molecular flexibility index (Phi) is 4.13. The molecule has 3 aromatic rings. The molecule has 0 unspecified atom stereocenters. The number of nitrogens with zero attached hydrogens (tertiary/aromatic N) is 3. The highest BCUT2D eigenvalue weighted by Gasteiger charge is 2.23. The second kappa shape index (κ2) is 6.08. The lowest BCUT2D eigenvalue weighted by molar-refractivity contribution is 0.0746. The maximum atomic E-state index is 13.0. The van der Waals surface area contributed by atoms with Crippen LogP contribution in [0.5, 0.6) is 0 Å². The van der Waals surface area contributed by atoms with Crippen LogP contribution in [-0.4, -0.2) is 27.8 Å². The van der Waals surface area contributed by atoms with E-state index in [0.717, 1.165) is 26.5 Å². The second-order valence-corrected chi connectivity index (χ2v) is 6.89. The number of amides is 1. The van der Waals surface area contributed by atoms with Crippen molar-refractivity contribution in [3.05, 3.63) is 57.7 Å². The number of carbonyl (C=O) groups is 1. The summed E-state index contributed by atoms with van der Waals surface area (Å²) in [6, 6.07) is 9.45. The molecule has 0 radical (unpaired) electrons. The molecule has 2 aromatic heterocycles. The van der Waals surface area contributed by atoms with Gasteiger partial charge in [0, 0.05) is 29.1 Å². The number of thiazole rings is 1. The molecule has 0 spiro atoms. The average molecular weight is 325 g/mol. The Morgan fingerprint density at radius 3 is 2.70 bits per heavy atom. The lowest BCUT2D eigenvalue weighted by atomic mass is 10.1. The van der Waals surface area contributed by atoms with Crippen molar-refractivity contribution in [3.63, 3.8) is 0 Å². The van der Waals surface area contributed by atoms with Crippen molar-refractivity contribution >= 4 is 28.1 Å². The summed E-state index contributed by atoms with van der Waals surface area (Å²) in [6.45, 7) is 6.03. The fourth-order valence-electron chi connectivity index (χ4n) is 2.77. The standard InChI is InChI=1S/C18H19N3OS/c1-11-17(23-13(3)20-11)12(2)21(4)18(22)15-7-5-9-16-14(15)8-6-10-19-16/h5-10,12H,1-4H3/t12-/m0/s1. The van der Waals surface area contributed by atoms with Gasteiger partial charge in [0.2, 0.25) is 0 Å². The van der Waals surface area contributed by atoms with E-state index in [9.17, 15) is 4.79 Å². The minimum Gasteiger partial charge on any atom is -0.334 e. The van der Waals surface area contributed by atoms with Crippen molar-refractivity contribution in [2.75, 3.05) is 7.05 Å². The third-order valence-corrected chi connectivity index (χ3v) is 5.34. The van der Waals surface area contributed by atoms with Gasteiger partial charge >= 0.3 is 0 Å². The van der Waals surface area contributed by atoms with E-state index in [0.29, 0.717) is 5.56 Å². The quantitative estimate of drug-likeness (QED) is 0.727. The van der Waals surface area contributed by atoms with E-state index in [2.05, 4.69) is 9.97 Å². The molecular formula is C18H19N3OS. The maximum absolute atomic E-state index is 13.0. The molecule has 5 heteroatoms. The Morgan fingerprint density at radius 1 is 1.22 bits per heavy atom. The molecule has 0 saturated carbocycles. The van der Waals surface area contributed by atoms with Crippen LogP contribution in [-0.2, 0) is 0 Å². The van der Waals surface area contributed by atoms with E-state index in [1.807, 2.05) is 58.2 Å². The van der Waals surface area contributed by atoms with Crippen LogP contribution in [0, 0.1) is 13.8 Å². The highest BCUT2D eigenvalue weighted by molar-refractivity contribution is 7.11. The molecule has 4 nitrogen and oxygen atoms in total. The summed E-state index contributed by atoms with van der Waals surface area (Å²) in [6.07, 6.45) is 1.74. The van der Waals surface area contributed by atoms with Crippen molar-refractivity contribution < 1.29 is 4.79 Å². The largest absolute Gasteiger partial charge is 0.334 e. The first-order chi connectivity index (χ1) is 11.0. The third kappa shape index (κ3) is 2.84. The van der Waals surface area contributed by atoms with E-state index in [1.165, 1.54) is 0 Å². The van der Waals surface area contributed by atoms with Gasteiger partial charge in [-0.1, -0.05) is 12.1 Å². The molecule has 0 aliphatic heterocycles. The molecule has 0 saturated heterocycles. The summed E-state index contributed by atoms with van der Waals surface area (Å²) in [5.41, 5.74) is 2.52. The summed E-state index contributed by atoms with van der Waals surface area (Å²) >= 11 is 1.65. The van der Waals surface area contributed by atoms with Crippen LogP contribution in [0.4, 0.5) is 0 Å². The lowest BCUT2D eigenvalue weighted by Crippen LogP contribution is -2.29. The number of rotatable bonds is 3. The van der Waals surface area contributed by atoms with Gasteiger partial charge in [-0.05, 0) is 39.0 Å². The number of benzene rings is 1. The van der Waals surface area contributed by atoms with Crippen molar-refractivity contribution in [3.8, 4) is 0 Å². The molecule has 1 aromatic carbocycles. The van der Waals surface area contributed by atoms with Gasteiger partial charge in [-0.2, -0.15) is 0 Å². The second-order valence-electron chi connectivity index (χ2n) is 5.65. The molecular weight excluding hydrogens is 306 g/mol. The molecule has 2 heterocycles. The topological polar surface area (TPSA) is 46.1 Å². The number of hydrogen-bond acceptors (Lipinski definition) is 4. The zero-order valence-electron chi connectivity index (χ0n) is 13.7. The Hall–Kier alpha value is -2.27. The number of pyridine rings is 1. The summed E-state index contributed by atoms with van der Waals surface area (Å²) in [5, 5.41) is 1.91. The van der Waals surface area contributed by atoms with Crippen LogP contribution in [0.15, 0.2) is 36.5 Å². The van der Waals surface area contributed by atoms with Gasteiger partial charge < -0.3 is 4.90 Å². The van der Waals surface area contributed by atoms with Crippen LogP contribution >= 0.6 is 11.3 Å². The van der Waals surface area contributed by atoms with Gasteiger partial charge in [-0.15, -0.1) is 11.3 Å². The maximum Gasteiger partial charge on any atom is 0.254 e. The van der Waals surface area contributed by atoms with Gasteiger partial charge in [0.1, 0.15) is 0 Å². The van der Waals surface area contributed by atoms with Gasteiger partial charge in [-0.25, -0.2) is 4.98 Å². The molecule has 1 amide bonds. The number of hydrogen-bond donors (Lipinski definition) is 0. The van der Waals surface area contributed by atoms with Crippen molar-refractivity contribution in [1.29, 1.82) is 0 Å². The molecule has 0 fully saturated rings. The predicted octanol–water partition coefficient (Wildman–Crippen LogP) is 4.14. The molecule has 0 bridgehead atoms. The van der Waals surface area contributed by atoms with Crippen LogP contribution in [0.2, 0.25) is 0 Å². The van der Waals surface area contributed by atoms with Crippen LogP contribution in [0.25, 0.3) is 10.9 Å². The number of fused-ring (bicyclic) bond motifs is 1. The summed E-state index contributed by atoms with van der Waals surface area (Å²) in [5.74, 6) is 0.00144. The normalized spacial score (nSPS) is 12.3. The van der Waals surface area contributed by atoms with E-state index >= 15 is 0 Å². The summed E-state index contributed by atoms with van der Waals surface area (Å²) in [7, 11) is 1.84. The minimum absolute atomic E-state index is 0.00144. The van der Waals surface area contributed by atoms with Crippen molar-refractivity contribution in [2.24, 2.45) is 0 Å². The van der Waals surface area contributed by atoms with E-state index in [1.54, 1.807) is 22.4 Å². The monoisotopic (exact) mass is 325 g/mol. The number of carbonyl (C=O) groups excluding carboxylic acids is 1. The fraction of sp³-hybridized carbons (Fsp3) is 0.278. The zero-order valence-corrected chi connectivity index (χ0v) is 14.5. The molecule has 0 N–H and O–H groups in total. The molecule has 0 aliphatic carbocycles. The van der Waals surface area contributed by atoms with Crippen LogP contribution < -0.4 is 0 Å². The Labute approximate surface area is 139 Å². The first kappa shape index (κ1) is 15.6. The van der Waals surface area contributed by atoms with Gasteiger partial charge in [0.05, 0.1) is 22.3 Å². The molecule has 0 aliphatic rings. The molecule has 118 valence electrons. The third-order valence-electron chi connectivity index (χ3n) is 4.10. The van der Waals surface area contributed by atoms with Crippen LogP contribution in [0.1, 0.15) is 38.9 Å². The smallest absolute Gasteiger partial charge is 0.254 e. The minimum atomic E-state index is -0.0133. The number of aryl methyl sites for hydroxylation is 2. The van der Waals surface area contributed by atoms with E-state index in [-0.39, 0.29) is 11.9 Å². The first-order valence-electron chi connectivity index (χ1n) is 7.54. The van der Waals surface area contributed by atoms with Gasteiger partial charge in [-0.3, -0.25) is 9.78 Å². The summed E-state index contributed by atoms with van der Waals surface area (Å²) < 4.78 is 0. The fourth-order valence-corrected chi connectivity index (χ4v) is 3.79. The van der Waals surface area contributed by atoms with E-state index < -0.39 is 0 Å². The zero-order chi connectivity index (χ0) is 16.6. The predicted molar refractivity (Wildman–Crippen MR) is 93.8 cm³/mol.